The van der Waals surface area contributed by atoms with Gasteiger partial charge < -0.3 is 9.47 Å². The van der Waals surface area contributed by atoms with E-state index in [0.717, 1.165) is 36.7 Å². The second-order valence-electron chi connectivity index (χ2n) is 5.73. The zero-order valence-corrected chi connectivity index (χ0v) is 13.7. The van der Waals surface area contributed by atoms with Gasteiger partial charge in [0.25, 0.3) is 0 Å². The lowest BCUT2D eigenvalue weighted by molar-refractivity contribution is 0.132. The lowest BCUT2D eigenvalue weighted by Gasteiger charge is -2.34. The van der Waals surface area contributed by atoms with Crippen molar-refractivity contribution in [3.05, 3.63) is 35.5 Å². The fourth-order valence-electron chi connectivity index (χ4n) is 3.08. The Bertz CT molecular complexity index is 630. The summed E-state index contributed by atoms with van der Waals surface area (Å²) in [4.78, 5) is 11.3. The average molecular weight is 317 g/mol. The first-order valence-corrected chi connectivity index (χ1v) is 7.94. The molecule has 0 aliphatic carbocycles. The standard InChI is InChI=1S/C16H23N5O2/c1-22-11-14-18-15(20-19-14)13-7-3-4-9-21(13)10-12-6-5-8-17-16(12)23-2/h5-6,8,13H,3-4,7,9-11H2,1-2H3,(H,18,19,20). The topological polar surface area (TPSA) is 76.2 Å². The molecule has 2 aromatic rings. The molecule has 7 nitrogen and oxygen atoms in total. The van der Waals surface area contributed by atoms with Crippen molar-refractivity contribution in [3.63, 3.8) is 0 Å². The summed E-state index contributed by atoms with van der Waals surface area (Å²) < 4.78 is 10.5. The highest BCUT2D eigenvalue weighted by Gasteiger charge is 2.28. The van der Waals surface area contributed by atoms with Crippen LogP contribution in [0, 0.1) is 0 Å². The number of nitrogens with zero attached hydrogens (tertiary/aromatic N) is 4. The quantitative estimate of drug-likeness (QED) is 0.879. The first-order valence-electron chi connectivity index (χ1n) is 7.94. The van der Waals surface area contributed by atoms with Crippen LogP contribution in [0.15, 0.2) is 18.3 Å². The molecule has 0 amide bonds. The molecule has 1 fully saturated rings. The smallest absolute Gasteiger partial charge is 0.217 e. The number of aromatic nitrogens is 4. The maximum absolute atomic E-state index is 5.37. The monoisotopic (exact) mass is 317 g/mol. The van der Waals surface area contributed by atoms with Gasteiger partial charge in [-0.05, 0) is 25.5 Å². The molecule has 3 heterocycles. The Balaban J connectivity index is 1.78. The third-order valence-corrected chi connectivity index (χ3v) is 4.16. The summed E-state index contributed by atoms with van der Waals surface area (Å²) in [5.74, 6) is 2.30. The molecule has 0 bridgehead atoms. The lowest BCUT2D eigenvalue weighted by Crippen LogP contribution is -2.33. The molecule has 124 valence electrons. The van der Waals surface area contributed by atoms with Crippen molar-refractivity contribution in [1.82, 2.24) is 25.1 Å². The van der Waals surface area contributed by atoms with Gasteiger partial charge in [-0.1, -0.05) is 12.5 Å². The van der Waals surface area contributed by atoms with Crippen molar-refractivity contribution in [1.29, 1.82) is 0 Å². The zero-order chi connectivity index (χ0) is 16.1. The van der Waals surface area contributed by atoms with Gasteiger partial charge in [0.2, 0.25) is 5.88 Å². The van der Waals surface area contributed by atoms with Gasteiger partial charge in [-0.2, -0.15) is 5.10 Å². The summed E-state index contributed by atoms with van der Waals surface area (Å²) in [6.45, 7) is 2.27. The van der Waals surface area contributed by atoms with Crippen LogP contribution in [-0.2, 0) is 17.9 Å². The van der Waals surface area contributed by atoms with Gasteiger partial charge >= 0.3 is 0 Å². The van der Waals surface area contributed by atoms with Gasteiger partial charge in [0, 0.05) is 25.4 Å². The Morgan fingerprint density at radius 1 is 1.35 bits per heavy atom. The number of ether oxygens (including phenoxy) is 2. The van der Waals surface area contributed by atoms with Crippen LogP contribution in [0.2, 0.25) is 0 Å². The Labute approximate surface area is 136 Å². The minimum absolute atomic E-state index is 0.218. The number of aromatic amines is 1. The fraction of sp³-hybridized carbons (Fsp3) is 0.562. The predicted molar refractivity (Wildman–Crippen MR) is 84.9 cm³/mol. The number of hydrogen-bond acceptors (Lipinski definition) is 6. The van der Waals surface area contributed by atoms with Crippen molar-refractivity contribution in [2.24, 2.45) is 0 Å². The molecule has 7 heteroatoms. The molecule has 1 aliphatic rings. The van der Waals surface area contributed by atoms with Gasteiger partial charge in [-0.15, -0.1) is 0 Å². The van der Waals surface area contributed by atoms with Gasteiger partial charge in [0.15, 0.2) is 11.6 Å². The minimum atomic E-state index is 0.218. The summed E-state index contributed by atoms with van der Waals surface area (Å²) in [6, 6.07) is 4.22. The molecular weight excluding hydrogens is 294 g/mol. The molecule has 1 aliphatic heterocycles. The summed E-state index contributed by atoms with van der Waals surface area (Å²) >= 11 is 0. The lowest BCUT2D eigenvalue weighted by atomic mass is 10.0. The van der Waals surface area contributed by atoms with Crippen LogP contribution in [-0.4, -0.2) is 45.8 Å². The highest BCUT2D eigenvalue weighted by atomic mass is 16.5. The Kier molecular flexibility index (Phi) is 5.19. The summed E-state index contributed by atoms with van der Waals surface area (Å²) in [5, 5.41) is 7.35. The van der Waals surface area contributed by atoms with E-state index in [1.807, 2.05) is 6.07 Å². The maximum atomic E-state index is 5.37. The molecule has 0 saturated carbocycles. The number of rotatable bonds is 6. The molecular formula is C16H23N5O2. The molecule has 1 atom stereocenters. The maximum Gasteiger partial charge on any atom is 0.217 e. The highest BCUT2D eigenvalue weighted by molar-refractivity contribution is 5.25. The highest BCUT2D eigenvalue weighted by Crippen LogP contribution is 2.31. The zero-order valence-electron chi connectivity index (χ0n) is 13.7. The number of nitrogens with one attached hydrogen (secondary N) is 1. The molecule has 1 unspecified atom stereocenters. The molecule has 23 heavy (non-hydrogen) atoms. The Morgan fingerprint density at radius 2 is 2.26 bits per heavy atom. The van der Waals surface area contributed by atoms with Gasteiger partial charge in [0.1, 0.15) is 6.61 Å². The van der Waals surface area contributed by atoms with E-state index in [1.165, 1.54) is 12.8 Å². The molecule has 2 aromatic heterocycles. The number of pyridine rings is 1. The van der Waals surface area contributed by atoms with E-state index in [-0.39, 0.29) is 6.04 Å². The van der Waals surface area contributed by atoms with Gasteiger partial charge in [0.05, 0.1) is 13.2 Å². The summed E-state index contributed by atoms with van der Waals surface area (Å²) in [6.07, 6.45) is 5.20. The predicted octanol–water partition coefficient (Wildman–Crippen LogP) is 2.08. The molecule has 1 N–H and O–H groups in total. The summed E-state index contributed by atoms with van der Waals surface area (Å²) in [7, 11) is 3.32. The number of likely N-dealkylation sites (tertiary alicyclic amines) is 1. The van der Waals surface area contributed by atoms with E-state index >= 15 is 0 Å². The van der Waals surface area contributed by atoms with E-state index < -0.39 is 0 Å². The van der Waals surface area contributed by atoms with E-state index in [1.54, 1.807) is 20.4 Å². The summed E-state index contributed by atoms with van der Waals surface area (Å²) in [5.41, 5.74) is 1.09. The van der Waals surface area contributed by atoms with Crippen LogP contribution in [0.25, 0.3) is 0 Å². The van der Waals surface area contributed by atoms with Crippen LogP contribution in [0.4, 0.5) is 0 Å². The average Bonchev–Trinajstić information content (AvgIpc) is 3.05. The Hall–Kier alpha value is -1.99. The SMILES string of the molecule is COCc1nc(C2CCCCN2Cc2cccnc2OC)n[nH]1. The van der Waals surface area contributed by atoms with E-state index in [9.17, 15) is 0 Å². The minimum Gasteiger partial charge on any atom is -0.481 e. The van der Waals surface area contributed by atoms with Crippen LogP contribution in [0.3, 0.4) is 0 Å². The largest absolute Gasteiger partial charge is 0.481 e. The van der Waals surface area contributed by atoms with E-state index in [2.05, 4.69) is 31.1 Å². The van der Waals surface area contributed by atoms with Crippen molar-refractivity contribution >= 4 is 0 Å². The first-order chi connectivity index (χ1) is 11.3. The van der Waals surface area contributed by atoms with Gasteiger partial charge in [-0.3, -0.25) is 10.00 Å². The van der Waals surface area contributed by atoms with Crippen LogP contribution >= 0.6 is 0 Å². The van der Waals surface area contributed by atoms with Crippen molar-refractivity contribution in [2.75, 3.05) is 20.8 Å². The molecule has 3 rings (SSSR count). The second kappa shape index (κ2) is 7.52. The van der Waals surface area contributed by atoms with E-state index in [4.69, 9.17) is 9.47 Å². The number of H-pyrrole nitrogens is 1. The number of methoxy groups -OCH3 is 2. The first kappa shape index (κ1) is 15.9. The van der Waals surface area contributed by atoms with Crippen molar-refractivity contribution in [2.45, 2.75) is 38.5 Å². The molecule has 0 aromatic carbocycles. The second-order valence-corrected chi connectivity index (χ2v) is 5.73. The van der Waals surface area contributed by atoms with Crippen molar-refractivity contribution < 1.29 is 9.47 Å². The third kappa shape index (κ3) is 3.68. The normalized spacial score (nSPS) is 19.0. The fourth-order valence-corrected chi connectivity index (χ4v) is 3.08. The van der Waals surface area contributed by atoms with Gasteiger partial charge in [-0.25, -0.2) is 9.97 Å². The van der Waals surface area contributed by atoms with Crippen LogP contribution < -0.4 is 4.74 Å². The number of hydrogen-bond donors (Lipinski definition) is 1. The molecule has 0 radical (unpaired) electrons. The van der Waals surface area contributed by atoms with Crippen LogP contribution in [0.5, 0.6) is 5.88 Å². The third-order valence-electron chi connectivity index (χ3n) is 4.16. The number of piperidine rings is 1. The van der Waals surface area contributed by atoms with E-state index in [0.29, 0.717) is 12.5 Å². The van der Waals surface area contributed by atoms with Crippen molar-refractivity contribution in [3.8, 4) is 5.88 Å². The molecule has 0 spiro atoms. The Morgan fingerprint density at radius 3 is 3.09 bits per heavy atom. The van der Waals surface area contributed by atoms with Crippen LogP contribution in [0.1, 0.15) is 42.5 Å². The molecule has 1 saturated heterocycles.